The first kappa shape index (κ1) is 9.89. The van der Waals surface area contributed by atoms with E-state index in [1.807, 2.05) is 4.57 Å². The van der Waals surface area contributed by atoms with Crippen molar-refractivity contribution in [1.29, 1.82) is 0 Å². The van der Waals surface area contributed by atoms with E-state index in [9.17, 15) is 0 Å². The average molecular weight is 205 g/mol. The van der Waals surface area contributed by atoms with Crippen molar-refractivity contribution in [1.82, 2.24) is 19.5 Å². The van der Waals surface area contributed by atoms with Crippen LogP contribution in [0.5, 0.6) is 0 Å². The third-order valence-electron chi connectivity index (χ3n) is 2.32. The summed E-state index contributed by atoms with van der Waals surface area (Å²) in [7, 11) is 0. The van der Waals surface area contributed by atoms with Crippen LogP contribution in [0.15, 0.2) is 12.5 Å². The van der Waals surface area contributed by atoms with Crippen LogP contribution < -0.4 is 5.73 Å². The predicted octanol–water partition coefficient (Wildman–Crippen LogP) is 1.45. The van der Waals surface area contributed by atoms with Crippen LogP contribution in [0.4, 0.5) is 5.95 Å². The van der Waals surface area contributed by atoms with Crippen LogP contribution in [0.1, 0.15) is 20.3 Å². The minimum atomic E-state index is 0.300. The summed E-state index contributed by atoms with van der Waals surface area (Å²) in [4.78, 5) is 12.3. The van der Waals surface area contributed by atoms with Gasteiger partial charge in [0.05, 0.1) is 12.5 Å². The van der Waals surface area contributed by atoms with Crippen molar-refractivity contribution in [2.45, 2.75) is 26.8 Å². The van der Waals surface area contributed by atoms with Gasteiger partial charge < -0.3 is 10.3 Å². The molecule has 2 N–H and O–H groups in total. The molecule has 0 radical (unpaired) electrons. The van der Waals surface area contributed by atoms with E-state index < -0.39 is 0 Å². The third kappa shape index (κ3) is 2.06. The highest BCUT2D eigenvalue weighted by Crippen LogP contribution is 2.11. The summed E-state index contributed by atoms with van der Waals surface area (Å²) in [5.74, 6) is 0.968. The van der Waals surface area contributed by atoms with Crippen LogP contribution in [0.25, 0.3) is 11.2 Å². The molecule has 0 spiro atoms. The maximum Gasteiger partial charge on any atom is 0.222 e. The fraction of sp³-hybridized carbons (Fsp3) is 0.500. The number of hydrogen-bond acceptors (Lipinski definition) is 4. The molecule has 2 aromatic heterocycles. The van der Waals surface area contributed by atoms with Crippen molar-refractivity contribution < 1.29 is 0 Å². The van der Waals surface area contributed by atoms with Crippen molar-refractivity contribution in [3.8, 4) is 0 Å². The zero-order valence-electron chi connectivity index (χ0n) is 9.01. The molecule has 0 aliphatic heterocycles. The van der Waals surface area contributed by atoms with Crippen molar-refractivity contribution in [3.05, 3.63) is 12.5 Å². The van der Waals surface area contributed by atoms with Crippen LogP contribution >= 0.6 is 0 Å². The van der Waals surface area contributed by atoms with Crippen LogP contribution in [0.3, 0.4) is 0 Å². The third-order valence-corrected chi connectivity index (χ3v) is 2.32. The number of anilines is 1. The molecule has 2 heterocycles. The zero-order chi connectivity index (χ0) is 10.8. The fourth-order valence-electron chi connectivity index (χ4n) is 1.43. The average Bonchev–Trinajstić information content (AvgIpc) is 2.57. The summed E-state index contributed by atoms with van der Waals surface area (Å²) in [6.07, 6.45) is 4.56. The van der Waals surface area contributed by atoms with E-state index in [0.29, 0.717) is 11.9 Å². The molecule has 5 nitrogen and oxygen atoms in total. The van der Waals surface area contributed by atoms with Gasteiger partial charge in [-0.05, 0) is 12.3 Å². The van der Waals surface area contributed by atoms with Gasteiger partial charge in [0.15, 0.2) is 5.65 Å². The van der Waals surface area contributed by atoms with Gasteiger partial charge in [-0.25, -0.2) is 9.97 Å². The van der Waals surface area contributed by atoms with E-state index in [1.54, 1.807) is 12.5 Å². The van der Waals surface area contributed by atoms with Gasteiger partial charge in [0.2, 0.25) is 5.95 Å². The molecule has 0 unspecified atom stereocenters. The molecule has 0 fully saturated rings. The van der Waals surface area contributed by atoms with E-state index >= 15 is 0 Å². The number of nitrogens with two attached hydrogens (primary N) is 1. The quantitative estimate of drug-likeness (QED) is 0.823. The van der Waals surface area contributed by atoms with Gasteiger partial charge in [0, 0.05) is 6.54 Å². The summed E-state index contributed by atoms with van der Waals surface area (Å²) < 4.78 is 2.02. The van der Waals surface area contributed by atoms with Gasteiger partial charge in [-0.3, -0.25) is 0 Å². The standard InChI is InChI=1S/C10H15N5/c1-7(2)3-4-15-6-13-8-5-12-10(11)14-9(8)15/h5-7H,3-4H2,1-2H3,(H2,11,12,14). The van der Waals surface area contributed by atoms with Crippen molar-refractivity contribution in [3.63, 3.8) is 0 Å². The Kier molecular flexibility index (Phi) is 2.53. The van der Waals surface area contributed by atoms with Crippen LogP contribution in [0, 0.1) is 5.92 Å². The predicted molar refractivity (Wildman–Crippen MR) is 59.2 cm³/mol. The summed E-state index contributed by atoms with van der Waals surface area (Å²) in [6.45, 7) is 5.32. The van der Waals surface area contributed by atoms with Crippen molar-refractivity contribution in [2.75, 3.05) is 5.73 Å². The van der Waals surface area contributed by atoms with Crippen LogP contribution in [-0.4, -0.2) is 19.5 Å². The lowest BCUT2D eigenvalue weighted by atomic mass is 10.1. The molecule has 0 saturated heterocycles. The monoisotopic (exact) mass is 205 g/mol. The molecule has 80 valence electrons. The SMILES string of the molecule is CC(C)CCn1cnc2cnc(N)nc21. The number of imidazole rings is 1. The largest absolute Gasteiger partial charge is 0.368 e. The second-order valence-electron chi connectivity index (χ2n) is 4.06. The summed E-state index contributed by atoms with van der Waals surface area (Å²) in [5, 5.41) is 0. The Morgan fingerprint density at radius 1 is 1.40 bits per heavy atom. The first-order chi connectivity index (χ1) is 7.16. The second-order valence-corrected chi connectivity index (χ2v) is 4.06. The molecule has 0 aliphatic carbocycles. The number of aromatic nitrogens is 4. The van der Waals surface area contributed by atoms with Gasteiger partial charge in [0.1, 0.15) is 5.52 Å². The lowest BCUT2D eigenvalue weighted by Crippen LogP contribution is -2.02. The molecule has 0 bridgehead atoms. The first-order valence-electron chi connectivity index (χ1n) is 5.10. The Morgan fingerprint density at radius 3 is 2.93 bits per heavy atom. The molecular weight excluding hydrogens is 190 g/mol. The lowest BCUT2D eigenvalue weighted by Gasteiger charge is -2.05. The normalized spacial score (nSPS) is 11.4. The number of fused-ring (bicyclic) bond motifs is 1. The Labute approximate surface area is 88.4 Å². The highest BCUT2D eigenvalue weighted by Gasteiger charge is 2.05. The van der Waals surface area contributed by atoms with E-state index in [-0.39, 0.29) is 0 Å². The maximum atomic E-state index is 5.54. The highest BCUT2D eigenvalue weighted by atomic mass is 15.1. The van der Waals surface area contributed by atoms with Gasteiger partial charge >= 0.3 is 0 Å². The maximum absolute atomic E-state index is 5.54. The molecule has 0 saturated carbocycles. The summed E-state index contributed by atoms with van der Waals surface area (Å²) in [5.41, 5.74) is 7.17. The molecule has 2 aromatic rings. The minimum Gasteiger partial charge on any atom is -0.368 e. The van der Waals surface area contributed by atoms with Gasteiger partial charge in [-0.2, -0.15) is 4.98 Å². The number of aryl methyl sites for hydroxylation is 1. The summed E-state index contributed by atoms with van der Waals surface area (Å²) in [6, 6.07) is 0. The molecule has 0 atom stereocenters. The Hall–Kier alpha value is -1.65. The van der Waals surface area contributed by atoms with Crippen LogP contribution in [-0.2, 0) is 6.54 Å². The van der Waals surface area contributed by atoms with E-state index in [2.05, 4.69) is 28.8 Å². The number of rotatable bonds is 3. The fourth-order valence-corrected chi connectivity index (χ4v) is 1.43. The second kappa shape index (κ2) is 3.84. The molecule has 15 heavy (non-hydrogen) atoms. The van der Waals surface area contributed by atoms with Crippen molar-refractivity contribution in [2.24, 2.45) is 5.92 Å². The number of nitrogen functional groups attached to an aromatic ring is 1. The minimum absolute atomic E-state index is 0.300. The molecule has 5 heteroatoms. The number of hydrogen-bond donors (Lipinski definition) is 1. The highest BCUT2D eigenvalue weighted by molar-refractivity contribution is 5.70. The number of nitrogens with zero attached hydrogens (tertiary/aromatic N) is 4. The summed E-state index contributed by atoms with van der Waals surface area (Å²) >= 11 is 0. The van der Waals surface area contributed by atoms with Gasteiger partial charge in [0.25, 0.3) is 0 Å². The van der Waals surface area contributed by atoms with Crippen molar-refractivity contribution >= 4 is 17.1 Å². The smallest absolute Gasteiger partial charge is 0.222 e. The topological polar surface area (TPSA) is 69.6 Å². The molecular formula is C10H15N5. The van der Waals surface area contributed by atoms with Crippen LogP contribution in [0.2, 0.25) is 0 Å². The first-order valence-corrected chi connectivity index (χ1v) is 5.10. The van der Waals surface area contributed by atoms with E-state index in [0.717, 1.165) is 24.1 Å². The molecule has 2 rings (SSSR count). The molecule has 0 aliphatic rings. The van der Waals surface area contributed by atoms with E-state index in [4.69, 9.17) is 5.73 Å². The molecule has 0 amide bonds. The zero-order valence-corrected chi connectivity index (χ0v) is 9.01. The Balaban J connectivity index is 2.31. The molecule has 0 aromatic carbocycles. The van der Waals surface area contributed by atoms with Gasteiger partial charge in [-0.15, -0.1) is 0 Å². The van der Waals surface area contributed by atoms with E-state index in [1.165, 1.54) is 0 Å². The van der Waals surface area contributed by atoms with Gasteiger partial charge in [-0.1, -0.05) is 13.8 Å². The lowest BCUT2D eigenvalue weighted by molar-refractivity contribution is 0.521. The Morgan fingerprint density at radius 2 is 2.20 bits per heavy atom. The Bertz CT molecular complexity index is 460.